The quantitative estimate of drug-likeness (QED) is 0.726. The number of alkyl halides is 3. The number of benzene rings is 1. The van der Waals surface area contributed by atoms with Crippen LogP contribution < -0.4 is 5.56 Å². The van der Waals surface area contributed by atoms with Gasteiger partial charge in [0.15, 0.2) is 0 Å². The summed E-state index contributed by atoms with van der Waals surface area (Å²) in [6.07, 6.45) is -4.47. The monoisotopic (exact) mass is 397 g/mol. The fraction of sp³-hybridized carbons (Fsp3) is 0.294. The molecule has 0 saturated carbocycles. The highest BCUT2D eigenvalue weighted by atomic mass is 35.5. The number of aromatic nitrogens is 5. The minimum atomic E-state index is -4.47. The van der Waals surface area contributed by atoms with Gasteiger partial charge in [-0.25, -0.2) is 9.67 Å². The predicted molar refractivity (Wildman–Crippen MR) is 93.6 cm³/mol. The predicted octanol–water partition coefficient (Wildman–Crippen LogP) is 3.93. The SMILES string of the molecule is Cc1nc(-c2nnn(C(C)c3ccc(C(F)(F)F)cc3Cl)c2C)cc(=O)[nH]1. The Morgan fingerprint density at radius 3 is 2.52 bits per heavy atom. The van der Waals surface area contributed by atoms with Crippen molar-refractivity contribution in [1.82, 2.24) is 25.0 Å². The maximum absolute atomic E-state index is 12.8. The molecule has 0 amide bonds. The number of H-pyrrole nitrogens is 1. The molecule has 142 valence electrons. The molecule has 0 saturated heterocycles. The van der Waals surface area contributed by atoms with Gasteiger partial charge in [-0.3, -0.25) is 4.79 Å². The average molecular weight is 398 g/mol. The van der Waals surface area contributed by atoms with Crippen LogP contribution in [0.15, 0.2) is 29.1 Å². The van der Waals surface area contributed by atoms with Crippen molar-refractivity contribution < 1.29 is 13.2 Å². The smallest absolute Gasteiger partial charge is 0.311 e. The number of halogens is 4. The highest BCUT2D eigenvalue weighted by Crippen LogP contribution is 2.35. The van der Waals surface area contributed by atoms with Crippen molar-refractivity contribution in [2.45, 2.75) is 33.0 Å². The summed E-state index contributed by atoms with van der Waals surface area (Å²) in [4.78, 5) is 18.4. The van der Waals surface area contributed by atoms with Gasteiger partial charge in [0.1, 0.15) is 11.5 Å². The zero-order valence-corrected chi connectivity index (χ0v) is 15.4. The summed E-state index contributed by atoms with van der Waals surface area (Å²) < 4.78 is 40.0. The lowest BCUT2D eigenvalue weighted by Gasteiger charge is -2.17. The molecule has 0 spiro atoms. The van der Waals surface area contributed by atoms with Gasteiger partial charge in [0.2, 0.25) is 0 Å². The Bertz CT molecular complexity index is 1060. The van der Waals surface area contributed by atoms with Gasteiger partial charge in [-0.2, -0.15) is 13.2 Å². The first-order valence-electron chi connectivity index (χ1n) is 7.94. The Labute approximate surface area is 157 Å². The van der Waals surface area contributed by atoms with E-state index in [0.717, 1.165) is 12.1 Å². The number of aromatic amines is 1. The van der Waals surface area contributed by atoms with E-state index >= 15 is 0 Å². The van der Waals surface area contributed by atoms with E-state index in [0.29, 0.717) is 28.5 Å². The minimum absolute atomic E-state index is 0.0149. The van der Waals surface area contributed by atoms with E-state index in [9.17, 15) is 18.0 Å². The van der Waals surface area contributed by atoms with E-state index in [2.05, 4.69) is 20.3 Å². The van der Waals surface area contributed by atoms with Crippen molar-refractivity contribution in [2.24, 2.45) is 0 Å². The Hall–Kier alpha value is -2.68. The molecule has 1 N–H and O–H groups in total. The van der Waals surface area contributed by atoms with Crippen LogP contribution in [0.25, 0.3) is 11.4 Å². The van der Waals surface area contributed by atoms with E-state index in [1.165, 1.54) is 16.8 Å². The van der Waals surface area contributed by atoms with Crippen molar-refractivity contribution in [1.29, 1.82) is 0 Å². The number of hydrogen-bond donors (Lipinski definition) is 1. The van der Waals surface area contributed by atoms with Crippen LogP contribution in [0.3, 0.4) is 0 Å². The molecule has 0 radical (unpaired) electrons. The van der Waals surface area contributed by atoms with Gasteiger partial charge >= 0.3 is 6.18 Å². The number of aryl methyl sites for hydroxylation is 1. The third kappa shape index (κ3) is 3.73. The van der Waals surface area contributed by atoms with Gasteiger partial charge < -0.3 is 4.98 Å². The largest absolute Gasteiger partial charge is 0.416 e. The zero-order chi connectivity index (χ0) is 19.9. The highest BCUT2D eigenvalue weighted by molar-refractivity contribution is 6.31. The summed E-state index contributed by atoms with van der Waals surface area (Å²) in [5.41, 5.74) is 0.730. The van der Waals surface area contributed by atoms with Gasteiger partial charge in [0, 0.05) is 11.1 Å². The maximum Gasteiger partial charge on any atom is 0.416 e. The Kier molecular flexibility index (Phi) is 4.81. The van der Waals surface area contributed by atoms with Crippen LogP contribution >= 0.6 is 11.6 Å². The molecule has 3 aromatic rings. The molecule has 1 unspecified atom stereocenters. The molecule has 3 rings (SSSR count). The third-order valence-electron chi connectivity index (χ3n) is 4.17. The number of nitrogens with zero attached hydrogens (tertiary/aromatic N) is 4. The standard InChI is InChI=1S/C17H15ClF3N5O/c1-8(12-5-4-11(6-13(12)18)17(19,20)21)26-9(2)16(24-25-26)14-7-15(27)23-10(3)22-14/h4-8H,1-3H3,(H,22,23,27). The molecule has 0 fully saturated rings. The minimum Gasteiger partial charge on any atom is -0.311 e. The Morgan fingerprint density at radius 2 is 1.93 bits per heavy atom. The fourth-order valence-corrected chi connectivity index (χ4v) is 3.16. The lowest BCUT2D eigenvalue weighted by molar-refractivity contribution is -0.137. The second-order valence-corrected chi connectivity index (χ2v) is 6.50. The van der Waals surface area contributed by atoms with Gasteiger partial charge in [-0.05, 0) is 38.5 Å². The van der Waals surface area contributed by atoms with Crippen LogP contribution in [0.4, 0.5) is 13.2 Å². The molecule has 2 heterocycles. The fourth-order valence-electron chi connectivity index (χ4n) is 2.82. The Morgan fingerprint density at radius 1 is 1.22 bits per heavy atom. The van der Waals surface area contributed by atoms with Crippen LogP contribution in [0.1, 0.15) is 35.6 Å². The molecule has 10 heteroatoms. The van der Waals surface area contributed by atoms with Crippen molar-refractivity contribution >= 4 is 11.6 Å². The molecule has 0 aliphatic rings. The molecule has 1 atom stereocenters. The molecular formula is C17H15ClF3N5O. The van der Waals surface area contributed by atoms with E-state index in [1.807, 2.05) is 0 Å². The van der Waals surface area contributed by atoms with Gasteiger partial charge in [-0.15, -0.1) is 5.10 Å². The van der Waals surface area contributed by atoms with Crippen LogP contribution in [-0.2, 0) is 6.18 Å². The number of rotatable bonds is 3. The molecule has 27 heavy (non-hydrogen) atoms. The van der Waals surface area contributed by atoms with Crippen LogP contribution in [-0.4, -0.2) is 25.0 Å². The first-order chi connectivity index (χ1) is 12.6. The summed E-state index contributed by atoms with van der Waals surface area (Å²) >= 11 is 6.08. The van der Waals surface area contributed by atoms with E-state index < -0.39 is 17.8 Å². The topological polar surface area (TPSA) is 76.5 Å². The first-order valence-corrected chi connectivity index (χ1v) is 8.32. The molecule has 2 aromatic heterocycles. The molecule has 0 aliphatic heterocycles. The number of nitrogens with one attached hydrogen (secondary N) is 1. The molecule has 0 bridgehead atoms. The molecule has 1 aromatic carbocycles. The van der Waals surface area contributed by atoms with Crippen LogP contribution in [0.5, 0.6) is 0 Å². The second kappa shape index (κ2) is 6.80. The normalized spacial score (nSPS) is 13.0. The molecular weight excluding hydrogens is 383 g/mol. The lowest BCUT2D eigenvalue weighted by Crippen LogP contribution is -2.12. The lowest BCUT2D eigenvalue weighted by atomic mass is 10.1. The summed E-state index contributed by atoms with van der Waals surface area (Å²) in [5, 5.41) is 8.13. The summed E-state index contributed by atoms with van der Waals surface area (Å²) in [7, 11) is 0. The van der Waals surface area contributed by atoms with Crippen molar-refractivity contribution in [3.05, 3.63) is 62.3 Å². The highest BCUT2D eigenvalue weighted by Gasteiger charge is 2.31. The summed E-state index contributed by atoms with van der Waals surface area (Å²) in [6.45, 7) is 5.13. The van der Waals surface area contributed by atoms with Gasteiger partial charge in [-0.1, -0.05) is 22.9 Å². The van der Waals surface area contributed by atoms with Crippen molar-refractivity contribution in [3.63, 3.8) is 0 Å². The molecule has 0 aliphatic carbocycles. The zero-order valence-electron chi connectivity index (χ0n) is 14.6. The Balaban J connectivity index is 2.01. The van der Waals surface area contributed by atoms with E-state index in [4.69, 9.17) is 11.6 Å². The van der Waals surface area contributed by atoms with Crippen LogP contribution in [0, 0.1) is 13.8 Å². The average Bonchev–Trinajstić information content (AvgIpc) is 2.94. The van der Waals surface area contributed by atoms with Gasteiger partial charge in [0.25, 0.3) is 5.56 Å². The summed E-state index contributed by atoms with van der Waals surface area (Å²) in [6, 6.07) is 4.04. The second-order valence-electron chi connectivity index (χ2n) is 6.09. The third-order valence-corrected chi connectivity index (χ3v) is 4.50. The summed E-state index contributed by atoms with van der Waals surface area (Å²) in [5.74, 6) is 0.435. The van der Waals surface area contributed by atoms with Crippen molar-refractivity contribution in [3.8, 4) is 11.4 Å². The number of hydrogen-bond acceptors (Lipinski definition) is 4. The van der Waals surface area contributed by atoms with E-state index in [-0.39, 0.29) is 10.6 Å². The molecule has 6 nitrogen and oxygen atoms in total. The first kappa shape index (κ1) is 19.1. The van der Waals surface area contributed by atoms with Crippen molar-refractivity contribution in [2.75, 3.05) is 0 Å². The maximum atomic E-state index is 12.8. The van der Waals surface area contributed by atoms with Gasteiger partial charge in [0.05, 0.1) is 23.0 Å². The van der Waals surface area contributed by atoms with Crippen LogP contribution in [0.2, 0.25) is 5.02 Å². The van der Waals surface area contributed by atoms with E-state index in [1.54, 1.807) is 20.8 Å².